The lowest BCUT2D eigenvalue weighted by atomic mass is 10.2. The van der Waals surface area contributed by atoms with Gasteiger partial charge in [0.15, 0.2) is 0 Å². The number of rotatable bonds is 4. The van der Waals surface area contributed by atoms with E-state index in [1.807, 2.05) is 12.1 Å². The minimum atomic E-state index is -0.191. The van der Waals surface area contributed by atoms with Gasteiger partial charge in [-0.2, -0.15) is 0 Å². The van der Waals surface area contributed by atoms with E-state index in [1.165, 1.54) is 0 Å². The Bertz CT molecular complexity index is 746. The van der Waals surface area contributed by atoms with Gasteiger partial charge < -0.3 is 19.9 Å². The summed E-state index contributed by atoms with van der Waals surface area (Å²) in [6, 6.07) is 7.21. The van der Waals surface area contributed by atoms with Gasteiger partial charge in [0.05, 0.1) is 28.5 Å². The average Bonchev–Trinajstić information content (AvgIpc) is 2.65. The Morgan fingerprint density at radius 2 is 2.00 bits per heavy atom. The van der Waals surface area contributed by atoms with Gasteiger partial charge >= 0.3 is 0 Å². The Balaban J connectivity index is 1.88. The summed E-state index contributed by atoms with van der Waals surface area (Å²) < 4.78 is 6.37. The Hall–Kier alpha value is -2.12. The average molecular weight is 405 g/mol. The Morgan fingerprint density at radius 1 is 1.24 bits per heavy atom. The highest BCUT2D eigenvalue weighted by Gasteiger charge is 2.22. The second-order valence-electron chi connectivity index (χ2n) is 5.96. The van der Waals surface area contributed by atoms with Crippen molar-refractivity contribution in [1.82, 2.24) is 9.88 Å². The van der Waals surface area contributed by atoms with E-state index in [4.69, 9.17) is 4.74 Å². The molecule has 0 saturated carbocycles. The molecular formula is C18H21BrN4O2. The van der Waals surface area contributed by atoms with Crippen LogP contribution in [0.25, 0.3) is 0 Å². The van der Waals surface area contributed by atoms with E-state index in [2.05, 4.69) is 43.1 Å². The second-order valence-corrected chi connectivity index (χ2v) is 6.76. The summed E-state index contributed by atoms with van der Waals surface area (Å²) in [6.45, 7) is 3.79. The second kappa shape index (κ2) is 7.84. The number of carbonyl (C=O) groups excluding carboxylic acids is 1. The molecule has 1 aliphatic heterocycles. The monoisotopic (exact) mass is 404 g/mol. The third-order valence-electron chi connectivity index (χ3n) is 4.29. The van der Waals surface area contributed by atoms with E-state index < -0.39 is 0 Å². The van der Waals surface area contributed by atoms with Crippen molar-refractivity contribution in [3.63, 3.8) is 0 Å². The Labute approximate surface area is 155 Å². The predicted octanol–water partition coefficient (Wildman–Crippen LogP) is 2.86. The molecule has 1 saturated heterocycles. The molecule has 1 aromatic carbocycles. The number of aromatic nitrogens is 1. The van der Waals surface area contributed by atoms with Crippen LogP contribution in [0.4, 0.5) is 11.4 Å². The summed E-state index contributed by atoms with van der Waals surface area (Å²) >= 11 is 3.66. The number of anilines is 2. The number of methoxy groups -OCH3 is 1. The van der Waals surface area contributed by atoms with Gasteiger partial charge in [0.1, 0.15) is 5.75 Å². The van der Waals surface area contributed by atoms with Crippen molar-refractivity contribution in [1.29, 1.82) is 0 Å². The van der Waals surface area contributed by atoms with Gasteiger partial charge in [-0.05, 0) is 47.2 Å². The third-order valence-corrected chi connectivity index (χ3v) is 5.09. The normalized spacial score (nSPS) is 15.1. The highest BCUT2D eigenvalue weighted by atomic mass is 79.9. The summed E-state index contributed by atoms with van der Waals surface area (Å²) in [5, 5.41) is 2.95. The van der Waals surface area contributed by atoms with Crippen molar-refractivity contribution in [2.24, 2.45) is 0 Å². The van der Waals surface area contributed by atoms with Crippen LogP contribution in [-0.4, -0.2) is 56.1 Å². The molecule has 2 heterocycles. The van der Waals surface area contributed by atoms with Crippen molar-refractivity contribution < 1.29 is 9.53 Å². The highest BCUT2D eigenvalue weighted by Crippen LogP contribution is 2.41. The van der Waals surface area contributed by atoms with Crippen LogP contribution in [0.3, 0.4) is 0 Å². The standard InChI is InChI=1S/C18H21BrN4O2/c1-22-8-10-23(11-9-22)17-15(25-2)6-5-14(16(17)19)21-18(24)13-4-3-7-20-12-13/h3-7,12H,8-11H2,1-2H3,(H,21,24). The molecule has 0 unspecified atom stereocenters. The number of hydrogen-bond donors (Lipinski definition) is 1. The molecule has 7 heteroatoms. The molecule has 1 aliphatic rings. The highest BCUT2D eigenvalue weighted by molar-refractivity contribution is 9.10. The van der Waals surface area contributed by atoms with Gasteiger partial charge in [0, 0.05) is 38.6 Å². The lowest BCUT2D eigenvalue weighted by Crippen LogP contribution is -2.44. The molecule has 1 aromatic heterocycles. The van der Waals surface area contributed by atoms with Gasteiger partial charge in [-0.15, -0.1) is 0 Å². The molecule has 2 aromatic rings. The van der Waals surface area contributed by atoms with Gasteiger partial charge in [-0.25, -0.2) is 0 Å². The Kier molecular flexibility index (Phi) is 5.55. The fourth-order valence-electron chi connectivity index (χ4n) is 2.82. The van der Waals surface area contributed by atoms with Crippen molar-refractivity contribution >= 4 is 33.2 Å². The van der Waals surface area contributed by atoms with Crippen LogP contribution >= 0.6 is 15.9 Å². The molecule has 1 N–H and O–H groups in total. The predicted molar refractivity (Wildman–Crippen MR) is 103 cm³/mol. The molecular weight excluding hydrogens is 384 g/mol. The number of pyridine rings is 1. The molecule has 1 amide bonds. The number of likely N-dealkylation sites (N-methyl/N-ethyl adjacent to an activating group) is 1. The number of nitrogens with one attached hydrogen (secondary N) is 1. The molecule has 0 atom stereocenters. The summed E-state index contributed by atoms with van der Waals surface area (Å²) in [5.41, 5.74) is 2.20. The maximum Gasteiger partial charge on any atom is 0.257 e. The topological polar surface area (TPSA) is 57.7 Å². The quantitative estimate of drug-likeness (QED) is 0.848. The smallest absolute Gasteiger partial charge is 0.257 e. The molecule has 25 heavy (non-hydrogen) atoms. The maximum absolute atomic E-state index is 12.4. The van der Waals surface area contributed by atoms with Crippen molar-refractivity contribution in [2.45, 2.75) is 0 Å². The van der Waals surface area contributed by atoms with Gasteiger partial charge in [-0.3, -0.25) is 9.78 Å². The lowest BCUT2D eigenvalue weighted by molar-refractivity contribution is 0.102. The minimum Gasteiger partial charge on any atom is -0.495 e. The molecule has 132 valence electrons. The third kappa shape index (κ3) is 3.93. The number of benzene rings is 1. The van der Waals surface area contributed by atoms with E-state index in [0.29, 0.717) is 11.3 Å². The van der Waals surface area contributed by atoms with Crippen LogP contribution in [0, 0.1) is 0 Å². The van der Waals surface area contributed by atoms with Crippen molar-refractivity contribution in [2.75, 3.05) is 50.6 Å². The number of nitrogens with zero attached hydrogens (tertiary/aromatic N) is 3. The fourth-order valence-corrected chi connectivity index (χ4v) is 3.50. The zero-order valence-corrected chi connectivity index (χ0v) is 15.9. The largest absolute Gasteiger partial charge is 0.495 e. The van der Waals surface area contributed by atoms with E-state index in [-0.39, 0.29) is 5.91 Å². The van der Waals surface area contributed by atoms with Crippen LogP contribution < -0.4 is 15.0 Å². The SMILES string of the molecule is COc1ccc(NC(=O)c2cccnc2)c(Br)c1N1CCN(C)CC1. The van der Waals surface area contributed by atoms with Gasteiger partial charge in [0.25, 0.3) is 5.91 Å². The number of halogens is 1. The molecule has 3 rings (SSSR count). The summed E-state index contributed by atoms with van der Waals surface area (Å²) in [4.78, 5) is 21.0. The number of amides is 1. The van der Waals surface area contributed by atoms with Gasteiger partial charge in [0.2, 0.25) is 0 Å². The number of ether oxygens (including phenoxy) is 1. The first-order valence-corrected chi connectivity index (χ1v) is 8.91. The fraction of sp³-hybridized carbons (Fsp3) is 0.333. The van der Waals surface area contributed by atoms with Crippen LogP contribution in [-0.2, 0) is 0 Å². The summed E-state index contributed by atoms with van der Waals surface area (Å²) in [6.07, 6.45) is 3.19. The molecule has 6 nitrogen and oxygen atoms in total. The molecule has 0 spiro atoms. The molecule has 0 radical (unpaired) electrons. The van der Waals surface area contributed by atoms with E-state index in [0.717, 1.165) is 42.1 Å². The first-order chi connectivity index (χ1) is 12.1. The van der Waals surface area contributed by atoms with Crippen molar-refractivity contribution in [3.8, 4) is 5.75 Å². The minimum absolute atomic E-state index is 0.191. The number of piperazine rings is 1. The zero-order chi connectivity index (χ0) is 17.8. The maximum atomic E-state index is 12.4. The molecule has 0 aliphatic carbocycles. The number of hydrogen-bond acceptors (Lipinski definition) is 5. The van der Waals surface area contributed by atoms with Crippen molar-refractivity contribution in [3.05, 3.63) is 46.7 Å². The first-order valence-electron chi connectivity index (χ1n) is 8.11. The van der Waals surface area contributed by atoms with Crippen LogP contribution in [0.5, 0.6) is 5.75 Å². The number of carbonyl (C=O) groups is 1. The molecule has 0 bridgehead atoms. The van der Waals surface area contributed by atoms with Crippen LogP contribution in [0.15, 0.2) is 41.1 Å². The summed E-state index contributed by atoms with van der Waals surface area (Å²) in [7, 11) is 3.78. The zero-order valence-electron chi connectivity index (χ0n) is 14.3. The first kappa shape index (κ1) is 17.7. The Morgan fingerprint density at radius 3 is 2.64 bits per heavy atom. The molecule has 1 fully saturated rings. The summed E-state index contributed by atoms with van der Waals surface area (Å²) in [5.74, 6) is 0.596. The van der Waals surface area contributed by atoms with Crippen LogP contribution in [0.2, 0.25) is 0 Å². The lowest BCUT2D eigenvalue weighted by Gasteiger charge is -2.35. The van der Waals surface area contributed by atoms with E-state index in [9.17, 15) is 4.79 Å². The van der Waals surface area contributed by atoms with Gasteiger partial charge in [-0.1, -0.05) is 0 Å². The van der Waals surface area contributed by atoms with Crippen LogP contribution in [0.1, 0.15) is 10.4 Å². The van der Waals surface area contributed by atoms with E-state index in [1.54, 1.807) is 31.6 Å². The van der Waals surface area contributed by atoms with E-state index >= 15 is 0 Å².